The maximum Gasteiger partial charge on any atom is 0.0145 e. The molecule has 0 bridgehead atoms. The SMILES string of the molecule is CNC(Cc1ccsc1)Cc1c(C)cccc1C. The van der Waals surface area contributed by atoms with Crippen LogP contribution in [0.1, 0.15) is 22.3 Å². The number of aryl methyl sites for hydroxylation is 2. The minimum Gasteiger partial charge on any atom is -0.316 e. The molecule has 0 aliphatic rings. The summed E-state index contributed by atoms with van der Waals surface area (Å²) in [4.78, 5) is 0. The predicted octanol–water partition coefficient (Wildman–Crippen LogP) is 3.74. The van der Waals surface area contributed by atoms with Gasteiger partial charge in [-0.1, -0.05) is 18.2 Å². The van der Waals surface area contributed by atoms with Crippen molar-refractivity contribution in [3.63, 3.8) is 0 Å². The standard InChI is InChI=1S/C16H21NS/c1-12-5-4-6-13(2)16(12)10-15(17-3)9-14-7-8-18-11-14/h4-8,11,15,17H,9-10H2,1-3H3. The molecule has 1 heterocycles. The highest BCUT2D eigenvalue weighted by Crippen LogP contribution is 2.17. The van der Waals surface area contributed by atoms with E-state index in [0.717, 1.165) is 12.8 Å². The summed E-state index contributed by atoms with van der Waals surface area (Å²) in [6.45, 7) is 4.42. The van der Waals surface area contributed by atoms with Crippen molar-refractivity contribution in [2.45, 2.75) is 32.7 Å². The van der Waals surface area contributed by atoms with Gasteiger partial charge in [-0.3, -0.25) is 0 Å². The summed E-state index contributed by atoms with van der Waals surface area (Å²) in [7, 11) is 2.06. The molecule has 0 spiro atoms. The molecular weight excluding hydrogens is 238 g/mol. The van der Waals surface area contributed by atoms with Crippen molar-refractivity contribution in [3.05, 3.63) is 57.3 Å². The average molecular weight is 259 g/mol. The van der Waals surface area contributed by atoms with E-state index in [1.54, 1.807) is 11.3 Å². The van der Waals surface area contributed by atoms with E-state index in [2.05, 4.69) is 61.2 Å². The van der Waals surface area contributed by atoms with E-state index in [4.69, 9.17) is 0 Å². The van der Waals surface area contributed by atoms with Crippen LogP contribution < -0.4 is 5.32 Å². The van der Waals surface area contributed by atoms with Gasteiger partial charge in [0, 0.05) is 6.04 Å². The van der Waals surface area contributed by atoms with Crippen LogP contribution in [0.2, 0.25) is 0 Å². The quantitative estimate of drug-likeness (QED) is 0.862. The van der Waals surface area contributed by atoms with Crippen LogP contribution >= 0.6 is 11.3 Å². The molecule has 0 saturated carbocycles. The molecular formula is C16H21NS. The Bertz CT molecular complexity index is 468. The first-order valence-electron chi connectivity index (χ1n) is 6.44. The Morgan fingerprint density at radius 3 is 2.39 bits per heavy atom. The van der Waals surface area contributed by atoms with Crippen molar-refractivity contribution in [3.8, 4) is 0 Å². The van der Waals surface area contributed by atoms with Crippen molar-refractivity contribution in [2.75, 3.05) is 7.05 Å². The van der Waals surface area contributed by atoms with Crippen molar-refractivity contribution in [2.24, 2.45) is 0 Å². The van der Waals surface area contributed by atoms with Crippen molar-refractivity contribution < 1.29 is 0 Å². The fourth-order valence-electron chi connectivity index (χ4n) is 2.39. The zero-order chi connectivity index (χ0) is 13.0. The van der Waals surface area contributed by atoms with E-state index in [1.165, 1.54) is 22.3 Å². The highest BCUT2D eigenvalue weighted by molar-refractivity contribution is 7.07. The van der Waals surface area contributed by atoms with Crippen LogP contribution in [0.25, 0.3) is 0 Å². The molecule has 1 nitrogen and oxygen atoms in total. The fourth-order valence-corrected chi connectivity index (χ4v) is 3.07. The summed E-state index contributed by atoms with van der Waals surface area (Å²) in [5, 5.41) is 7.85. The molecule has 0 fully saturated rings. The molecule has 1 aromatic heterocycles. The third kappa shape index (κ3) is 3.21. The van der Waals surface area contributed by atoms with Crippen molar-refractivity contribution in [1.29, 1.82) is 0 Å². The molecule has 1 aromatic carbocycles. The Labute approximate surface area is 114 Å². The van der Waals surface area contributed by atoms with E-state index in [0.29, 0.717) is 6.04 Å². The maximum atomic E-state index is 3.45. The highest BCUT2D eigenvalue weighted by Gasteiger charge is 2.11. The van der Waals surface area contributed by atoms with Gasteiger partial charge in [-0.05, 0) is 72.8 Å². The molecule has 0 radical (unpaired) electrons. The Kier molecular flexibility index (Phi) is 4.56. The van der Waals surface area contributed by atoms with Crippen LogP contribution in [0.3, 0.4) is 0 Å². The van der Waals surface area contributed by atoms with Gasteiger partial charge < -0.3 is 5.32 Å². The average Bonchev–Trinajstić information content (AvgIpc) is 2.85. The Balaban J connectivity index is 2.10. The van der Waals surface area contributed by atoms with Crippen LogP contribution in [-0.4, -0.2) is 13.1 Å². The summed E-state index contributed by atoms with van der Waals surface area (Å²) >= 11 is 1.78. The molecule has 0 amide bonds. The van der Waals surface area contributed by atoms with Gasteiger partial charge in [-0.2, -0.15) is 11.3 Å². The lowest BCUT2D eigenvalue weighted by molar-refractivity contribution is 0.555. The normalized spacial score (nSPS) is 12.6. The third-order valence-electron chi connectivity index (χ3n) is 3.57. The molecule has 1 unspecified atom stereocenters. The van der Waals surface area contributed by atoms with E-state index in [-0.39, 0.29) is 0 Å². The number of thiophene rings is 1. The second-order valence-corrected chi connectivity index (χ2v) is 5.68. The number of nitrogens with one attached hydrogen (secondary N) is 1. The van der Waals surface area contributed by atoms with E-state index < -0.39 is 0 Å². The molecule has 0 aliphatic carbocycles. The van der Waals surface area contributed by atoms with E-state index in [9.17, 15) is 0 Å². The summed E-state index contributed by atoms with van der Waals surface area (Å²) in [5.41, 5.74) is 5.74. The zero-order valence-electron chi connectivity index (χ0n) is 11.4. The van der Waals surface area contributed by atoms with Crippen LogP contribution in [0.4, 0.5) is 0 Å². The first-order chi connectivity index (χ1) is 8.70. The van der Waals surface area contributed by atoms with Gasteiger partial charge in [0.25, 0.3) is 0 Å². The summed E-state index contributed by atoms with van der Waals surface area (Å²) in [6, 6.07) is 9.29. The lowest BCUT2D eigenvalue weighted by atomic mass is 9.94. The summed E-state index contributed by atoms with van der Waals surface area (Å²) in [5.74, 6) is 0. The molecule has 2 rings (SSSR count). The lowest BCUT2D eigenvalue weighted by Crippen LogP contribution is -2.30. The van der Waals surface area contributed by atoms with Crippen molar-refractivity contribution >= 4 is 11.3 Å². The maximum absolute atomic E-state index is 3.45. The fraction of sp³-hybridized carbons (Fsp3) is 0.375. The second kappa shape index (κ2) is 6.17. The van der Waals surface area contributed by atoms with Crippen LogP contribution in [0.15, 0.2) is 35.0 Å². The Morgan fingerprint density at radius 2 is 1.83 bits per heavy atom. The van der Waals surface area contributed by atoms with Gasteiger partial charge in [0.1, 0.15) is 0 Å². The Hall–Kier alpha value is -1.12. The first-order valence-corrected chi connectivity index (χ1v) is 7.38. The van der Waals surface area contributed by atoms with E-state index in [1.807, 2.05) is 0 Å². The number of rotatable bonds is 5. The van der Waals surface area contributed by atoms with Gasteiger partial charge >= 0.3 is 0 Å². The number of benzene rings is 1. The minimum atomic E-state index is 0.513. The third-order valence-corrected chi connectivity index (χ3v) is 4.30. The van der Waals surface area contributed by atoms with Gasteiger partial charge in [0.05, 0.1) is 0 Å². The predicted molar refractivity (Wildman–Crippen MR) is 80.5 cm³/mol. The number of hydrogen-bond acceptors (Lipinski definition) is 2. The van der Waals surface area contributed by atoms with Crippen LogP contribution in [-0.2, 0) is 12.8 Å². The van der Waals surface area contributed by atoms with Gasteiger partial charge in [0.15, 0.2) is 0 Å². The molecule has 18 heavy (non-hydrogen) atoms. The monoisotopic (exact) mass is 259 g/mol. The summed E-state index contributed by atoms with van der Waals surface area (Å²) in [6.07, 6.45) is 2.21. The molecule has 1 atom stereocenters. The topological polar surface area (TPSA) is 12.0 Å². The molecule has 1 N–H and O–H groups in total. The largest absolute Gasteiger partial charge is 0.316 e. The van der Waals surface area contributed by atoms with Gasteiger partial charge in [-0.15, -0.1) is 0 Å². The zero-order valence-corrected chi connectivity index (χ0v) is 12.2. The molecule has 0 saturated heterocycles. The Morgan fingerprint density at radius 1 is 1.11 bits per heavy atom. The van der Waals surface area contributed by atoms with Crippen LogP contribution in [0.5, 0.6) is 0 Å². The minimum absolute atomic E-state index is 0.513. The van der Waals surface area contributed by atoms with Gasteiger partial charge in [-0.25, -0.2) is 0 Å². The smallest absolute Gasteiger partial charge is 0.0145 e. The first kappa shape index (κ1) is 13.3. The highest BCUT2D eigenvalue weighted by atomic mass is 32.1. The lowest BCUT2D eigenvalue weighted by Gasteiger charge is -2.18. The molecule has 2 aromatic rings. The van der Waals surface area contributed by atoms with Crippen LogP contribution in [0, 0.1) is 13.8 Å². The van der Waals surface area contributed by atoms with Crippen molar-refractivity contribution in [1.82, 2.24) is 5.32 Å². The summed E-state index contributed by atoms with van der Waals surface area (Å²) < 4.78 is 0. The molecule has 96 valence electrons. The molecule has 0 aliphatic heterocycles. The van der Waals surface area contributed by atoms with E-state index >= 15 is 0 Å². The number of likely N-dealkylation sites (N-methyl/N-ethyl adjacent to an activating group) is 1. The van der Waals surface area contributed by atoms with Gasteiger partial charge in [0.2, 0.25) is 0 Å². The number of hydrogen-bond donors (Lipinski definition) is 1. The molecule has 2 heteroatoms. The second-order valence-electron chi connectivity index (χ2n) is 4.90.